The molecule has 0 bridgehead atoms. The first-order valence-electron chi connectivity index (χ1n) is 7.90. The van der Waals surface area contributed by atoms with E-state index in [-0.39, 0.29) is 5.41 Å². The van der Waals surface area contributed by atoms with Gasteiger partial charge < -0.3 is 14.4 Å². The quantitative estimate of drug-likeness (QED) is 0.841. The highest BCUT2D eigenvalue weighted by Crippen LogP contribution is 2.42. The highest BCUT2D eigenvalue weighted by atomic mass is 16.5. The molecule has 0 radical (unpaired) electrons. The maximum absolute atomic E-state index is 5.70. The molecule has 1 aliphatic carbocycles. The van der Waals surface area contributed by atoms with Crippen molar-refractivity contribution in [1.29, 1.82) is 0 Å². The minimum Gasteiger partial charge on any atom is -0.384 e. The van der Waals surface area contributed by atoms with Crippen molar-refractivity contribution in [3.8, 4) is 0 Å². The maximum Gasteiger partial charge on any atom is 0.225 e. The molecule has 0 aromatic carbocycles. The van der Waals surface area contributed by atoms with Gasteiger partial charge in [-0.2, -0.15) is 0 Å². The van der Waals surface area contributed by atoms with Crippen molar-refractivity contribution in [2.45, 2.75) is 26.2 Å². The molecule has 2 saturated heterocycles. The van der Waals surface area contributed by atoms with Crippen molar-refractivity contribution in [2.75, 3.05) is 44.9 Å². The van der Waals surface area contributed by atoms with Crippen LogP contribution in [0.2, 0.25) is 0 Å². The Kier molecular flexibility index (Phi) is 3.15. The highest BCUT2D eigenvalue weighted by Gasteiger charge is 2.51. The van der Waals surface area contributed by atoms with Crippen LogP contribution in [0.25, 0.3) is 0 Å². The summed E-state index contributed by atoms with van der Waals surface area (Å²) in [5.74, 6) is 1.45. The molecule has 3 aliphatic rings. The lowest BCUT2D eigenvalue weighted by molar-refractivity contribution is 0.0660. The number of hydrogen-bond donors (Lipinski definition) is 0. The third-order valence-corrected chi connectivity index (χ3v) is 5.36. The van der Waals surface area contributed by atoms with Gasteiger partial charge in [0.1, 0.15) is 0 Å². The number of ether oxygens (including phenoxy) is 2. The molecule has 114 valence electrons. The lowest BCUT2D eigenvalue weighted by Crippen LogP contribution is -2.35. The minimum absolute atomic E-state index is 0.130. The van der Waals surface area contributed by atoms with Gasteiger partial charge in [0.15, 0.2) is 0 Å². The first-order valence-corrected chi connectivity index (χ1v) is 7.90. The van der Waals surface area contributed by atoms with Gasteiger partial charge in [0.2, 0.25) is 5.95 Å². The summed E-state index contributed by atoms with van der Waals surface area (Å²) in [4.78, 5) is 12.0. The summed E-state index contributed by atoms with van der Waals surface area (Å²) in [6.07, 6.45) is 3.47. The van der Waals surface area contributed by atoms with Crippen LogP contribution in [0.5, 0.6) is 0 Å². The average Bonchev–Trinajstić information content (AvgIpc) is 3.11. The summed E-state index contributed by atoms with van der Waals surface area (Å²) in [6.45, 7) is 6.46. The number of hydrogen-bond acceptors (Lipinski definition) is 5. The smallest absolute Gasteiger partial charge is 0.225 e. The first kappa shape index (κ1) is 13.5. The number of nitrogens with zero attached hydrogens (tertiary/aromatic N) is 3. The summed E-state index contributed by atoms with van der Waals surface area (Å²) in [5, 5.41) is 0. The lowest BCUT2D eigenvalue weighted by atomic mass is 9.82. The highest BCUT2D eigenvalue weighted by molar-refractivity contribution is 5.41. The lowest BCUT2D eigenvalue weighted by Gasteiger charge is -2.26. The number of anilines is 1. The fourth-order valence-corrected chi connectivity index (χ4v) is 4.22. The maximum atomic E-state index is 5.70. The fourth-order valence-electron chi connectivity index (χ4n) is 4.22. The van der Waals surface area contributed by atoms with Gasteiger partial charge in [-0.15, -0.1) is 0 Å². The second-order valence-electron chi connectivity index (χ2n) is 6.78. The van der Waals surface area contributed by atoms with Crippen LogP contribution < -0.4 is 4.90 Å². The number of fused-ring (bicyclic) bond motifs is 2. The van der Waals surface area contributed by atoms with Gasteiger partial charge in [-0.1, -0.05) is 0 Å². The zero-order valence-electron chi connectivity index (χ0n) is 12.9. The molecule has 4 rings (SSSR count). The largest absolute Gasteiger partial charge is 0.384 e. The van der Waals surface area contributed by atoms with Gasteiger partial charge in [-0.3, -0.25) is 0 Å². The van der Waals surface area contributed by atoms with Crippen LogP contribution in [0.15, 0.2) is 0 Å². The molecule has 3 heterocycles. The Bertz CT molecular complexity index is 563. The fraction of sp³-hybridized carbons (Fsp3) is 0.750. The van der Waals surface area contributed by atoms with Crippen LogP contribution in [0, 0.1) is 18.3 Å². The molecular weight excluding hydrogens is 266 g/mol. The third kappa shape index (κ3) is 2.06. The summed E-state index contributed by atoms with van der Waals surface area (Å²) >= 11 is 0. The van der Waals surface area contributed by atoms with Gasteiger partial charge in [0.05, 0.1) is 19.8 Å². The van der Waals surface area contributed by atoms with Gasteiger partial charge in [0.25, 0.3) is 0 Å². The summed E-state index contributed by atoms with van der Waals surface area (Å²) < 4.78 is 11.2. The molecule has 0 amide bonds. The number of rotatable bonds is 3. The van der Waals surface area contributed by atoms with Crippen molar-refractivity contribution < 1.29 is 9.47 Å². The number of aromatic nitrogens is 2. The average molecular weight is 289 g/mol. The molecule has 0 unspecified atom stereocenters. The summed E-state index contributed by atoms with van der Waals surface area (Å²) in [7, 11) is 1.78. The Balaban J connectivity index is 1.62. The molecule has 21 heavy (non-hydrogen) atoms. The SMILES string of the molecule is COC[C@@]12COC[C@@H]1CN(c1nc(C)c3c(n1)CCC3)C2. The van der Waals surface area contributed by atoms with Crippen LogP contribution in [0.1, 0.15) is 23.4 Å². The molecular formula is C16H23N3O2. The molecule has 0 saturated carbocycles. The Morgan fingerprint density at radius 2 is 2.29 bits per heavy atom. The van der Waals surface area contributed by atoms with E-state index >= 15 is 0 Å². The van der Waals surface area contributed by atoms with Crippen LogP contribution in [-0.4, -0.2) is 50.0 Å². The number of methoxy groups -OCH3 is 1. The Labute approximate surface area is 125 Å². The van der Waals surface area contributed by atoms with Gasteiger partial charge in [-0.05, 0) is 31.7 Å². The normalized spacial score (nSPS) is 30.8. The van der Waals surface area contributed by atoms with Crippen molar-refractivity contribution in [3.05, 3.63) is 17.0 Å². The Morgan fingerprint density at radius 1 is 1.38 bits per heavy atom. The van der Waals surface area contributed by atoms with Crippen LogP contribution in [0.4, 0.5) is 5.95 Å². The Hall–Kier alpha value is -1.20. The monoisotopic (exact) mass is 289 g/mol. The zero-order valence-corrected chi connectivity index (χ0v) is 12.9. The van der Waals surface area contributed by atoms with E-state index < -0.39 is 0 Å². The molecule has 1 aromatic heterocycles. The van der Waals surface area contributed by atoms with Crippen molar-refractivity contribution in [3.63, 3.8) is 0 Å². The van der Waals surface area contributed by atoms with Crippen LogP contribution >= 0.6 is 0 Å². The summed E-state index contributed by atoms with van der Waals surface area (Å²) in [5.41, 5.74) is 3.95. The van der Waals surface area contributed by atoms with E-state index in [9.17, 15) is 0 Å². The zero-order chi connectivity index (χ0) is 14.4. The standard InChI is InChI=1S/C16H23N3O2/c1-11-13-4-3-5-14(13)18-15(17-11)19-6-12-7-21-10-16(12,8-19)9-20-2/h12H,3-10H2,1-2H3/t12-,16-/m0/s1. The van der Waals surface area contributed by atoms with Gasteiger partial charge in [-0.25, -0.2) is 9.97 Å². The van der Waals surface area contributed by atoms with E-state index in [2.05, 4.69) is 11.8 Å². The van der Waals surface area contributed by atoms with Gasteiger partial charge >= 0.3 is 0 Å². The summed E-state index contributed by atoms with van der Waals surface area (Å²) in [6, 6.07) is 0. The van der Waals surface area contributed by atoms with E-state index in [1.165, 1.54) is 23.4 Å². The molecule has 0 N–H and O–H groups in total. The third-order valence-electron chi connectivity index (χ3n) is 5.36. The predicted octanol–water partition coefficient (Wildman–Crippen LogP) is 1.37. The number of aryl methyl sites for hydroxylation is 2. The van der Waals surface area contributed by atoms with E-state index in [4.69, 9.17) is 19.4 Å². The minimum atomic E-state index is 0.130. The van der Waals surface area contributed by atoms with Gasteiger partial charge in [0, 0.05) is 42.9 Å². The second kappa shape index (κ2) is 4.92. The van der Waals surface area contributed by atoms with Crippen LogP contribution in [0.3, 0.4) is 0 Å². The van der Waals surface area contributed by atoms with Crippen LogP contribution in [-0.2, 0) is 22.3 Å². The van der Waals surface area contributed by atoms with E-state index in [0.29, 0.717) is 5.92 Å². The molecule has 2 fully saturated rings. The molecule has 0 spiro atoms. The second-order valence-corrected chi connectivity index (χ2v) is 6.78. The van der Waals surface area contributed by atoms with Crippen molar-refractivity contribution in [1.82, 2.24) is 9.97 Å². The van der Waals surface area contributed by atoms with Crippen molar-refractivity contribution >= 4 is 5.95 Å². The topological polar surface area (TPSA) is 47.5 Å². The first-order chi connectivity index (χ1) is 10.2. The van der Waals surface area contributed by atoms with E-state index in [0.717, 1.165) is 51.7 Å². The molecule has 2 aliphatic heterocycles. The molecule has 1 aromatic rings. The van der Waals surface area contributed by atoms with E-state index in [1.54, 1.807) is 7.11 Å². The van der Waals surface area contributed by atoms with Crippen molar-refractivity contribution in [2.24, 2.45) is 11.3 Å². The Morgan fingerprint density at radius 3 is 3.14 bits per heavy atom. The van der Waals surface area contributed by atoms with E-state index in [1.807, 2.05) is 0 Å². The molecule has 5 heteroatoms. The molecule has 2 atom stereocenters. The predicted molar refractivity (Wildman–Crippen MR) is 79.6 cm³/mol. The molecule has 5 nitrogen and oxygen atoms in total.